The van der Waals surface area contributed by atoms with Gasteiger partial charge in [0.25, 0.3) is 0 Å². The van der Waals surface area contributed by atoms with Gasteiger partial charge >= 0.3 is 0 Å². The van der Waals surface area contributed by atoms with Gasteiger partial charge in [0.1, 0.15) is 0 Å². The van der Waals surface area contributed by atoms with Crippen LogP contribution in [0.4, 0.5) is 0 Å². The predicted molar refractivity (Wildman–Crippen MR) is 77.4 cm³/mol. The molecular formula is C13H20N4S. The van der Waals surface area contributed by atoms with Crippen molar-refractivity contribution >= 4 is 23.4 Å². The van der Waals surface area contributed by atoms with Gasteiger partial charge in [0.2, 0.25) is 0 Å². The van der Waals surface area contributed by atoms with Crippen LogP contribution in [0.1, 0.15) is 18.4 Å². The normalized spacial score (nSPS) is 11.6. The van der Waals surface area contributed by atoms with Gasteiger partial charge in [0, 0.05) is 12.7 Å². The number of imidazole rings is 1. The fourth-order valence-corrected chi connectivity index (χ4v) is 2.34. The fraction of sp³-hybridized carbons (Fsp3) is 0.538. The minimum Gasteiger partial charge on any atom is -0.329 e. The zero-order valence-electron chi connectivity index (χ0n) is 11.2. The molecule has 0 aliphatic carbocycles. The van der Waals surface area contributed by atoms with Crippen LogP contribution in [0.5, 0.6) is 0 Å². The lowest BCUT2D eigenvalue weighted by atomic mass is 10.3. The summed E-state index contributed by atoms with van der Waals surface area (Å²) in [6.07, 6.45) is 4.18. The van der Waals surface area contributed by atoms with Gasteiger partial charge in [-0.15, -0.1) is 0 Å². The number of hydrogen-bond donors (Lipinski definition) is 1. The van der Waals surface area contributed by atoms with Gasteiger partial charge in [-0.05, 0) is 64.3 Å². The summed E-state index contributed by atoms with van der Waals surface area (Å²) in [5.74, 6) is 0. The summed E-state index contributed by atoms with van der Waals surface area (Å²) in [7, 11) is 4.20. The van der Waals surface area contributed by atoms with E-state index in [-0.39, 0.29) is 0 Å². The summed E-state index contributed by atoms with van der Waals surface area (Å²) < 4.78 is 2.87. The first kappa shape index (κ1) is 13.2. The largest absolute Gasteiger partial charge is 0.329 e. The zero-order valence-corrected chi connectivity index (χ0v) is 12.0. The van der Waals surface area contributed by atoms with Crippen molar-refractivity contribution in [3.63, 3.8) is 0 Å². The second-order valence-corrected chi connectivity index (χ2v) is 5.36. The molecule has 0 amide bonds. The number of aromatic nitrogens is 3. The van der Waals surface area contributed by atoms with Crippen LogP contribution in [0.2, 0.25) is 0 Å². The summed E-state index contributed by atoms with van der Waals surface area (Å²) in [5.41, 5.74) is 3.15. The zero-order chi connectivity index (χ0) is 13.1. The minimum absolute atomic E-state index is 0.771. The molecule has 5 heteroatoms. The molecule has 2 aromatic heterocycles. The Morgan fingerprint density at radius 3 is 2.89 bits per heavy atom. The van der Waals surface area contributed by atoms with Crippen LogP contribution >= 0.6 is 12.2 Å². The van der Waals surface area contributed by atoms with E-state index >= 15 is 0 Å². The molecule has 0 radical (unpaired) electrons. The third-order valence-corrected chi connectivity index (χ3v) is 3.31. The molecule has 2 aromatic rings. The first-order chi connectivity index (χ1) is 8.58. The number of fused-ring (bicyclic) bond motifs is 1. The molecule has 0 aliphatic rings. The quantitative estimate of drug-likeness (QED) is 0.666. The lowest BCUT2D eigenvalue weighted by Gasteiger charge is -2.09. The average molecular weight is 264 g/mol. The van der Waals surface area contributed by atoms with Crippen LogP contribution in [-0.2, 0) is 6.54 Å². The standard InChI is InChI=1S/C13H20N4S/c1-10-8-11-12(14-9-10)17(13(18)15-11)7-5-4-6-16(2)3/h8-9H,4-7H2,1-3H3,(H,15,18). The Morgan fingerprint density at radius 2 is 2.17 bits per heavy atom. The summed E-state index contributed by atoms with van der Waals surface area (Å²) in [5, 5.41) is 0. The molecule has 4 nitrogen and oxygen atoms in total. The van der Waals surface area contributed by atoms with Crippen molar-refractivity contribution < 1.29 is 0 Å². The molecule has 2 heterocycles. The third-order valence-electron chi connectivity index (χ3n) is 2.98. The molecule has 0 fully saturated rings. The van der Waals surface area contributed by atoms with E-state index < -0.39 is 0 Å². The van der Waals surface area contributed by atoms with E-state index in [4.69, 9.17) is 12.2 Å². The molecule has 1 N–H and O–H groups in total. The number of nitrogens with zero attached hydrogens (tertiary/aromatic N) is 3. The topological polar surface area (TPSA) is 36.9 Å². The number of pyridine rings is 1. The minimum atomic E-state index is 0.771. The number of aromatic amines is 1. The van der Waals surface area contributed by atoms with Gasteiger partial charge < -0.3 is 14.5 Å². The summed E-state index contributed by atoms with van der Waals surface area (Å²) in [6.45, 7) is 4.09. The van der Waals surface area contributed by atoms with E-state index in [1.807, 2.05) is 13.1 Å². The summed E-state index contributed by atoms with van der Waals surface area (Å²) in [4.78, 5) is 9.90. The Balaban J connectivity index is 2.13. The van der Waals surface area contributed by atoms with Gasteiger partial charge in [0.15, 0.2) is 10.4 Å². The van der Waals surface area contributed by atoms with Gasteiger partial charge in [-0.3, -0.25) is 0 Å². The highest BCUT2D eigenvalue weighted by Gasteiger charge is 2.05. The van der Waals surface area contributed by atoms with Crippen LogP contribution in [0, 0.1) is 11.7 Å². The molecule has 0 aliphatic heterocycles. The number of H-pyrrole nitrogens is 1. The molecule has 0 saturated carbocycles. The molecule has 0 spiro atoms. The molecule has 0 aromatic carbocycles. The highest BCUT2D eigenvalue weighted by molar-refractivity contribution is 7.71. The van der Waals surface area contributed by atoms with Gasteiger partial charge in [-0.1, -0.05) is 0 Å². The van der Waals surface area contributed by atoms with Crippen molar-refractivity contribution in [1.29, 1.82) is 0 Å². The highest BCUT2D eigenvalue weighted by Crippen LogP contribution is 2.13. The van der Waals surface area contributed by atoms with Crippen molar-refractivity contribution in [2.45, 2.75) is 26.3 Å². The van der Waals surface area contributed by atoms with Crippen LogP contribution in [-0.4, -0.2) is 40.1 Å². The Bertz CT molecular complexity index is 582. The summed E-state index contributed by atoms with van der Waals surface area (Å²) >= 11 is 5.35. The van der Waals surface area contributed by atoms with E-state index in [0.717, 1.165) is 41.0 Å². The number of nitrogens with one attached hydrogen (secondary N) is 1. The molecule has 0 atom stereocenters. The van der Waals surface area contributed by atoms with E-state index in [2.05, 4.69) is 39.6 Å². The monoisotopic (exact) mass is 264 g/mol. The van der Waals surface area contributed by atoms with Crippen molar-refractivity contribution in [2.75, 3.05) is 20.6 Å². The Kier molecular flexibility index (Phi) is 4.14. The SMILES string of the molecule is Cc1cnc2c(c1)[nH]c(=S)n2CCCCN(C)C. The molecule has 18 heavy (non-hydrogen) atoms. The van der Waals surface area contributed by atoms with Crippen LogP contribution in [0.25, 0.3) is 11.2 Å². The number of aryl methyl sites for hydroxylation is 2. The fourth-order valence-electron chi connectivity index (χ4n) is 2.05. The Morgan fingerprint density at radius 1 is 1.39 bits per heavy atom. The maximum absolute atomic E-state index is 5.35. The number of rotatable bonds is 5. The second kappa shape index (κ2) is 5.63. The number of unbranched alkanes of at least 4 members (excludes halogenated alkanes) is 1. The Labute approximate surface area is 113 Å². The lowest BCUT2D eigenvalue weighted by molar-refractivity contribution is 0.388. The maximum atomic E-state index is 5.35. The molecule has 2 rings (SSSR count). The molecule has 0 bridgehead atoms. The molecule has 0 saturated heterocycles. The van der Waals surface area contributed by atoms with Crippen LogP contribution < -0.4 is 0 Å². The van der Waals surface area contributed by atoms with Crippen molar-refractivity contribution in [1.82, 2.24) is 19.4 Å². The average Bonchev–Trinajstić information content (AvgIpc) is 2.59. The van der Waals surface area contributed by atoms with Crippen molar-refractivity contribution in [3.05, 3.63) is 22.6 Å². The second-order valence-electron chi connectivity index (χ2n) is 4.98. The van der Waals surface area contributed by atoms with Gasteiger partial charge in [-0.25, -0.2) is 4.98 Å². The first-order valence-electron chi connectivity index (χ1n) is 6.28. The van der Waals surface area contributed by atoms with E-state index in [0.29, 0.717) is 0 Å². The van der Waals surface area contributed by atoms with Crippen molar-refractivity contribution in [2.24, 2.45) is 0 Å². The van der Waals surface area contributed by atoms with E-state index in [1.165, 1.54) is 6.42 Å². The van der Waals surface area contributed by atoms with E-state index in [9.17, 15) is 0 Å². The van der Waals surface area contributed by atoms with E-state index in [1.54, 1.807) is 0 Å². The molecule has 98 valence electrons. The maximum Gasteiger partial charge on any atom is 0.179 e. The highest BCUT2D eigenvalue weighted by atomic mass is 32.1. The molecular weight excluding hydrogens is 244 g/mol. The molecule has 0 unspecified atom stereocenters. The first-order valence-corrected chi connectivity index (χ1v) is 6.68. The van der Waals surface area contributed by atoms with Crippen LogP contribution in [0.15, 0.2) is 12.3 Å². The predicted octanol–water partition coefficient (Wildman–Crippen LogP) is 2.74. The van der Waals surface area contributed by atoms with Crippen molar-refractivity contribution in [3.8, 4) is 0 Å². The smallest absolute Gasteiger partial charge is 0.179 e. The summed E-state index contributed by atoms with van der Waals surface area (Å²) in [6, 6.07) is 2.09. The number of hydrogen-bond acceptors (Lipinski definition) is 3. The van der Waals surface area contributed by atoms with Gasteiger partial charge in [0.05, 0.1) is 5.52 Å². The Hall–Kier alpha value is -1.20. The third kappa shape index (κ3) is 2.97. The van der Waals surface area contributed by atoms with Crippen LogP contribution in [0.3, 0.4) is 0 Å². The van der Waals surface area contributed by atoms with Gasteiger partial charge in [-0.2, -0.15) is 0 Å². The lowest BCUT2D eigenvalue weighted by Crippen LogP contribution is -2.13.